The molecule has 0 saturated heterocycles. The lowest BCUT2D eigenvalue weighted by Gasteiger charge is -1.98. The van der Waals surface area contributed by atoms with Gasteiger partial charge < -0.3 is 9.84 Å². The van der Waals surface area contributed by atoms with Crippen LogP contribution in [0.1, 0.15) is 36.9 Å². The van der Waals surface area contributed by atoms with E-state index in [1.54, 1.807) is 6.20 Å². The molecule has 0 radical (unpaired) electrons. The molecule has 2 aromatic rings. The maximum Gasteiger partial charge on any atom is 0.150 e. The topological polar surface area (TPSA) is 66.7 Å². The summed E-state index contributed by atoms with van der Waals surface area (Å²) in [4.78, 5) is 0. The van der Waals surface area contributed by atoms with E-state index in [0.717, 1.165) is 23.7 Å². The monoisotopic (exact) mass is 220 g/mol. The predicted molar refractivity (Wildman–Crippen MR) is 59.7 cm³/mol. The third-order valence-electron chi connectivity index (χ3n) is 2.34. The minimum Gasteiger partial charge on any atom is -0.360 e. The first kappa shape index (κ1) is 10.9. The first-order valence-corrected chi connectivity index (χ1v) is 5.40. The summed E-state index contributed by atoms with van der Waals surface area (Å²) in [5, 5.41) is 14.0. The van der Waals surface area contributed by atoms with Gasteiger partial charge in [0.25, 0.3) is 0 Å². The molecular formula is C11H16N4O. The van der Waals surface area contributed by atoms with Crippen molar-refractivity contribution < 1.29 is 4.52 Å². The summed E-state index contributed by atoms with van der Waals surface area (Å²) in [6.07, 6.45) is 1.74. The molecule has 0 aliphatic heterocycles. The molecule has 0 fully saturated rings. The minimum atomic E-state index is 0.408. The third-order valence-corrected chi connectivity index (χ3v) is 2.34. The van der Waals surface area contributed by atoms with E-state index in [4.69, 9.17) is 4.52 Å². The van der Waals surface area contributed by atoms with Crippen LogP contribution in [0.15, 0.2) is 22.9 Å². The molecule has 2 rings (SSSR count). The van der Waals surface area contributed by atoms with Gasteiger partial charge in [0, 0.05) is 24.5 Å². The van der Waals surface area contributed by atoms with E-state index < -0.39 is 0 Å². The van der Waals surface area contributed by atoms with Gasteiger partial charge in [0.2, 0.25) is 0 Å². The SMILES string of the molecule is CC(C)c1cc(CNCc2ccn[nH]2)on1. The van der Waals surface area contributed by atoms with Crippen LogP contribution in [0.2, 0.25) is 0 Å². The molecule has 0 aliphatic rings. The van der Waals surface area contributed by atoms with Crippen LogP contribution in [0.25, 0.3) is 0 Å². The summed E-state index contributed by atoms with van der Waals surface area (Å²) in [6, 6.07) is 3.93. The zero-order valence-electron chi connectivity index (χ0n) is 9.53. The molecule has 0 saturated carbocycles. The number of H-pyrrole nitrogens is 1. The fourth-order valence-electron chi connectivity index (χ4n) is 1.39. The number of nitrogens with zero attached hydrogens (tertiary/aromatic N) is 2. The molecule has 2 aromatic heterocycles. The second-order valence-corrected chi connectivity index (χ2v) is 4.06. The van der Waals surface area contributed by atoms with Gasteiger partial charge in [-0.1, -0.05) is 19.0 Å². The van der Waals surface area contributed by atoms with Crippen molar-refractivity contribution in [1.29, 1.82) is 0 Å². The molecule has 5 nitrogen and oxygen atoms in total. The van der Waals surface area contributed by atoms with Gasteiger partial charge in [-0.25, -0.2) is 0 Å². The maximum atomic E-state index is 5.21. The van der Waals surface area contributed by atoms with Gasteiger partial charge in [-0.3, -0.25) is 5.10 Å². The molecule has 2 N–H and O–H groups in total. The number of nitrogens with one attached hydrogen (secondary N) is 2. The second-order valence-electron chi connectivity index (χ2n) is 4.06. The number of hydrogen-bond donors (Lipinski definition) is 2. The Morgan fingerprint density at radius 1 is 1.44 bits per heavy atom. The first-order chi connectivity index (χ1) is 7.75. The van der Waals surface area contributed by atoms with Gasteiger partial charge in [-0.2, -0.15) is 5.10 Å². The molecule has 5 heteroatoms. The Morgan fingerprint density at radius 2 is 2.31 bits per heavy atom. The summed E-state index contributed by atoms with van der Waals surface area (Å²) >= 11 is 0. The van der Waals surface area contributed by atoms with Gasteiger partial charge in [-0.05, 0) is 12.0 Å². The Labute approximate surface area is 94.2 Å². The number of aromatic amines is 1. The van der Waals surface area contributed by atoms with E-state index >= 15 is 0 Å². The Hall–Kier alpha value is -1.62. The Kier molecular flexibility index (Phi) is 3.36. The highest BCUT2D eigenvalue weighted by Gasteiger charge is 2.06. The van der Waals surface area contributed by atoms with Crippen molar-refractivity contribution in [1.82, 2.24) is 20.7 Å². The minimum absolute atomic E-state index is 0.408. The normalized spacial score (nSPS) is 11.2. The van der Waals surface area contributed by atoms with Crippen molar-refractivity contribution in [3.05, 3.63) is 35.5 Å². The Balaban J connectivity index is 1.81. The van der Waals surface area contributed by atoms with Crippen LogP contribution in [-0.4, -0.2) is 15.4 Å². The summed E-state index contributed by atoms with van der Waals surface area (Å²) in [5.74, 6) is 1.27. The van der Waals surface area contributed by atoms with Crippen molar-refractivity contribution in [2.45, 2.75) is 32.9 Å². The van der Waals surface area contributed by atoms with E-state index in [2.05, 4.69) is 34.5 Å². The summed E-state index contributed by atoms with van der Waals surface area (Å²) < 4.78 is 5.21. The van der Waals surface area contributed by atoms with Crippen molar-refractivity contribution in [3.8, 4) is 0 Å². The van der Waals surface area contributed by atoms with E-state index in [1.165, 1.54) is 0 Å². The van der Waals surface area contributed by atoms with Crippen LogP contribution in [0.5, 0.6) is 0 Å². The van der Waals surface area contributed by atoms with Gasteiger partial charge in [0.05, 0.1) is 12.2 Å². The third kappa shape index (κ3) is 2.70. The molecule has 0 unspecified atom stereocenters. The van der Waals surface area contributed by atoms with Crippen LogP contribution < -0.4 is 5.32 Å². The van der Waals surface area contributed by atoms with Gasteiger partial charge in [-0.15, -0.1) is 0 Å². The Bertz CT molecular complexity index is 419. The molecule has 0 bridgehead atoms. The second kappa shape index (κ2) is 4.94. The zero-order chi connectivity index (χ0) is 11.4. The fourth-order valence-corrected chi connectivity index (χ4v) is 1.39. The van der Waals surface area contributed by atoms with Gasteiger partial charge in [0.15, 0.2) is 5.76 Å². The quantitative estimate of drug-likeness (QED) is 0.806. The maximum absolute atomic E-state index is 5.21. The smallest absolute Gasteiger partial charge is 0.150 e. The molecule has 0 aromatic carbocycles. The van der Waals surface area contributed by atoms with Crippen molar-refractivity contribution in [3.63, 3.8) is 0 Å². The lowest BCUT2D eigenvalue weighted by Crippen LogP contribution is -2.12. The molecule has 2 heterocycles. The van der Waals surface area contributed by atoms with Crippen molar-refractivity contribution >= 4 is 0 Å². The van der Waals surface area contributed by atoms with Crippen LogP contribution in [0.4, 0.5) is 0 Å². The highest BCUT2D eigenvalue weighted by Crippen LogP contribution is 2.13. The number of hydrogen-bond acceptors (Lipinski definition) is 4. The lowest BCUT2D eigenvalue weighted by molar-refractivity contribution is 0.365. The van der Waals surface area contributed by atoms with Crippen molar-refractivity contribution in [2.75, 3.05) is 0 Å². The van der Waals surface area contributed by atoms with Crippen LogP contribution in [0, 0.1) is 0 Å². The molecular weight excluding hydrogens is 204 g/mol. The molecule has 0 spiro atoms. The van der Waals surface area contributed by atoms with Crippen LogP contribution in [0.3, 0.4) is 0 Å². The highest BCUT2D eigenvalue weighted by molar-refractivity contribution is 5.08. The molecule has 0 amide bonds. The van der Waals surface area contributed by atoms with E-state index in [9.17, 15) is 0 Å². The van der Waals surface area contributed by atoms with E-state index in [0.29, 0.717) is 12.5 Å². The first-order valence-electron chi connectivity index (χ1n) is 5.40. The average molecular weight is 220 g/mol. The van der Waals surface area contributed by atoms with E-state index in [1.807, 2.05) is 12.1 Å². The van der Waals surface area contributed by atoms with Crippen molar-refractivity contribution in [2.24, 2.45) is 0 Å². The highest BCUT2D eigenvalue weighted by atomic mass is 16.5. The fraction of sp³-hybridized carbons (Fsp3) is 0.455. The number of rotatable bonds is 5. The average Bonchev–Trinajstić information content (AvgIpc) is 2.87. The number of aromatic nitrogens is 3. The summed E-state index contributed by atoms with van der Waals surface area (Å²) in [7, 11) is 0. The summed E-state index contributed by atoms with van der Waals surface area (Å²) in [6.45, 7) is 5.62. The Morgan fingerprint density at radius 3 is 2.94 bits per heavy atom. The zero-order valence-corrected chi connectivity index (χ0v) is 9.53. The van der Waals surface area contributed by atoms with Crippen LogP contribution in [-0.2, 0) is 13.1 Å². The van der Waals surface area contributed by atoms with Gasteiger partial charge >= 0.3 is 0 Å². The predicted octanol–water partition coefficient (Wildman–Crippen LogP) is 1.81. The summed E-state index contributed by atoms with van der Waals surface area (Å²) in [5.41, 5.74) is 2.06. The van der Waals surface area contributed by atoms with Gasteiger partial charge in [0.1, 0.15) is 0 Å². The molecule has 16 heavy (non-hydrogen) atoms. The van der Waals surface area contributed by atoms with Crippen LogP contribution >= 0.6 is 0 Å². The van der Waals surface area contributed by atoms with E-state index in [-0.39, 0.29) is 0 Å². The lowest BCUT2D eigenvalue weighted by atomic mass is 10.1. The molecule has 86 valence electrons. The largest absolute Gasteiger partial charge is 0.360 e. The molecule has 0 atom stereocenters. The molecule has 0 aliphatic carbocycles. The standard InChI is InChI=1S/C11H16N4O/c1-8(2)11-5-10(16-15-11)7-12-6-9-3-4-13-14-9/h3-5,8,12H,6-7H2,1-2H3,(H,13,14).